The van der Waals surface area contributed by atoms with Gasteiger partial charge >= 0.3 is 0 Å². The summed E-state index contributed by atoms with van der Waals surface area (Å²) in [5.41, 5.74) is 1.21. The number of hydrogen-bond acceptors (Lipinski definition) is 4. The van der Waals surface area contributed by atoms with E-state index in [1.54, 1.807) is 20.9 Å². The first-order chi connectivity index (χ1) is 9.72. The van der Waals surface area contributed by atoms with Gasteiger partial charge in [0.15, 0.2) is 0 Å². The number of sulfonamides is 1. The van der Waals surface area contributed by atoms with E-state index in [-0.39, 0.29) is 5.56 Å². The van der Waals surface area contributed by atoms with Crippen molar-refractivity contribution < 1.29 is 17.6 Å². The summed E-state index contributed by atoms with van der Waals surface area (Å²) in [6.07, 6.45) is 1.26. The number of rotatable bonds is 3. The number of nitrogens with one attached hydrogen (secondary N) is 1. The molecule has 21 heavy (non-hydrogen) atoms. The van der Waals surface area contributed by atoms with Crippen molar-refractivity contribution in [1.29, 1.82) is 0 Å². The minimum absolute atomic E-state index is 0.119. The molecule has 112 valence electrons. The second kappa shape index (κ2) is 5.28. The fourth-order valence-corrected chi connectivity index (χ4v) is 2.80. The van der Waals surface area contributed by atoms with E-state index in [4.69, 9.17) is 0 Å². The van der Waals surface area contributed by atoms with E-state index in [1.165, 1.54) is 16.9 Å². The first kappa shape index (κ1) is 15.2. The Kier molecular flexibility index (Phi) is 3.82. The van der Waals surface area contributed by atoms with Crippen molar-refractivity contribution in [3.05, 3.63) is 47.0 Å². The predicted molar refractivity (Wildman–Crippen MR) is 73.7 cm³/mol. The highest BCUT2D eigenvalue weighted by atomic mass is 32.2. The second-order valence-corrected chi connectivity index (χ2v) is 6.29. The van der Waals surface area contributed by atoms with Crippen molar-refractivity contribution in [3.63, 3.8) is 0 Å². The summed E-state index contributed by atoms with van der Waals surface area (Å²) in [7, 11) is -2.65. The molecule has 0 atom stereocenters. The lowest BCUT2D eigenvalue weighted by atomic mass is 10.2. The van der Waals surface area contributed by atoms with Crippen LogP contribution in [0.3, 0.4) is 0 Å². The fraction of sp³-hybridized carbons (Fsp3) is 0.231. The molecular weight excluding hydrogens is 297 g/mol. The van der Waals surface area contributed by atoms with E-state index in [0.29, 0.717) is 11.3 Å². The van der Waals surface area contributed by atoms with Gasteiger partial charge in [-0.1, -0.05) is 6.07 Å². The van der Waals surface area contributed by atoms with E-state index >= 15 is 0 Å². The van der Waals surface area contributed by atoms with Crippen molar-refractivity contribution in [2.24, 2.45) is 7.05 Å². The lowest BCUT2D eigenvalue weighted by molar-refractivity contribution is 0.0980. The van der Waals surface area contributed by atoms with Gasteiger partial charge < -0.3 is 0 Å². The maximum atomic E-state index is 13.7. The van der Waals surface area contributed by atoms with E-state index in [1.807, 2.05) is 4.72 Å². The topological polar surface area (TPSA) is 81.1 Å². The van der Waals surface area contributed by atoms with Crippen molar-refractivity contribution in [1.82, 2.24) is 14.5 Å². The zero-order valence-corrected chi connectivity index (χ0v) is 12.5. The van der Waals surface area contributed by atoms with Gasteiger partial charge in [-0.05, 0) is 31.5 Å². The average molecular weight is 311 g/mol. The van der Waals surface area contributed by atoms with Crippen molar-refractivity contribution >= 4 is 15.9 Å². The molecule has 0 unspecified atom stereocenters. The van der Waals surface area contributed by atoms with Crippen LogP contribution in [0.15, 0.2) is 29.3 Å². The molecule has 0 bridgehead atoms. The Balaban J connectivity index is 2.33. The monoisotopic (exact) mass is 311 g/mol. The smallest absolute Gasteiger partial charge is 0.268 e. The third-order valence-corrected chi connectivity index (χ3v) is 4.45. The quantitative estimate of drug-likeness (QED) is 0.926. The molecule has 0 spiro atoms. The third-order valence-electron chi connectivity index (χ3n) is 3.08. The van der Waals surface area contributed by atoms with Crippen LogP contribution in [0.1, 0.15) is 21.6 Å². The molecule has 1 N–H and O–H groups in total. The number of nitrogens with zero attached hydrogens (tertiary/aromatic N) is 2. The van der Waals surface area contributed by atoms with Crippen LogP contribution in [0.2, 0.25) is 0 Å². The molecule has 0 fully saturated rings. The minimum Gasteiger partial charge on any atom is -0.272 e. The van der Waals surface area contributed by atoms with Crippen LogP contribution in [0, 0.1) is 19.7 Å². The molecular formula is C13H14FN3O3S. The van der Waals surface area contributed by atoms with Crippen molar-refractivity contribution in [2.75, 3.05) is 0 Å². The molecule has 1 amide bonds. The van der Waals surface area contributed by atoms with E-state index in [2.05, 4.69) is 5.10 Å². The molecule has 8 heteroatoms. The first-order valence-electron chi connectivity index (χ1n) is 6.04. The number of hydrogen-bond donors (Lipinski definition) is 1. The van der Waals surface area contributed by atoms with Gasteiger partial charge in [0.1, 0.15) is 10.7 Å². The van der Waals surface area contributed by atoms with Crippen LogP contribution < -0.4 is 4.72 Å². The molecule has 0 aliphatic carbocycles. The summed E-state index contributed by atoms with van der Waals surface area (Å²) in [5.74, 6) is -1.75. The molecule has 1 heterocycles. The third kappa shape index (κ3) is 2.94. The fourth-order valence-electron chi connectivity index (χ4n) is 1.78. The lowest BCUT2D eigenvalue weighted by Crippen LogP contribution is -2.31. The molecule has 2 rings (SSSR count). The van der Waals surface area contributed by atoms with Crippen LogP contribution in [0.4, 0.5) is 4.39 Å². The highest BCUT2D eigenvalue weighted by Crippen LogP contribution is 2.16. The summed E-state index contributed by atoms with van der Waals surface area (Å²) in [6, 6.07) is 3.67. The maximum Gasteiger partial charge on any atom is 0.268 e. The highest BCUT2D eigenvalue weighted by Gasteiger charge is 2.24. The Morgan fingerprint density at radius 2 is 2.00 bits per heavy atom. The molecule has 0 saturated heterocycles. The van der Waals surface area contributed by atoms with Gasteiger partial charge in [0.2, 0.25) is 0 Å². The van der Waals surface area contributed by atoms with Gasteiger partial charge in [0.05, 0.1) is 11.8 Å². The zero-order chi connectivity index (χ0) is 15.8. The standard InChI is InChI=1S/C13H14FN3O3S/c1-8-4-5-12(11(14)6-8)21(19,20)16-13(18)10-7-15-17(3)9(10)2/h4-7H,1-3H3,(H,16,18). The molecule has 0 aliphatic rings. The van der Waals surface area contributed by atoms with Crippen LogP contribution in [-0.2, 0) is 17.1 Å². The number of carbonyl (C=O) groups is 1. The second-order valence-electron chi connectivity index (χ2n) is 4.64. The van der Waals surface area contributed by atoms with Gasteiger partial charge in [-0.15, -0.1) is 0 Å². The first-order valence-corrected chi connectivity index (χ1v) is 7.52. The van der Waals surface area contributed by atoms with E-state index in [0.717, 1.165) is 12.1 Å². The number of aryl methyl sites for hydroxylation is 2. The summed E-state index contributed by atoms with van der Waals surface area (Å²) >= 11 is 0. The van der Waals surface area contributed by atoms with Crippen LogP contribution in [0.5, 0.6) is 0 Å². The maximum absolute atomic E-state index is 13.7. The molecule has 0 aliphatic heterocycles. The number of carbonyl (C=O) groups excluding carboxylic acids is 1. The summed E-state index contributed by atoms with van der Waals surface area (Å²) in [4.78, 5) is 11.4. The predicted octanol–water partition coefficient (Wildman–Crippen LogP) is 1.29. The molecule has 0 saturated carbocycles. The van der Waals surface area contributed by atoms with Gasteiger partial charge in [-0.2, -0.15) is 5.10 Å². The van der Waals surface area contributed by atoms with Crippen LogP contribution in [0.25, 0.3) is 0 Å². The number of amides is 1. The van der Waals surface area contributed by atoms with E-state index < -0.39 is 26.6 Å². The average Bonchev–Trinajstić information content (AvgIpc) is 2.68. The van der Waals surface area contributed by atoms with Gasteiger partial charge in [-0.3, -0.25) is 9.48 Å². The lowest BCUT2D eigenvalue weighted by Gasteiger charge is -2.08. The molecule has 2 aromatic rings. The summed E-state index contributed by atoms with van der Waals surface area (Å²) in [6.45, 7) is 3.26. The number of benzene rings is 1. The summed E-state index contributed by atoms with van der Waals surface area (Å²) in [5, 5.41) is 3.86. The SMILES string of the molecule is Cc1ccc(S(=O)(=O)NC(=O)c2cnn(C)c2C)c(F)c1. The molecule has 1 aromatic carbocycles. The number of aromatic nitrogens is 2. The highest BCUT2D eigenvalue weighted by molar-refractivity contribution is 7.90. The van der Waals surface area contributed by atoms with Crippen LogP contribution >= 0.6 is 0 Å². The van der Waals surface area contributed by atoms with Crippen molar-refractivity contribution in [2.45, 2.75) is 18.7 Å². The summed E-state index contributed by atoms with van der Waals surface area (Å²) < 4.78 is 41.2. The number of halogens is 1. The van der Waals surface area contributed by atoms with Gasteiger partial charge in [0.25, 0.3) is 15.9 Å². The van der Waals surface area contributed by atoms with Crippen molar-refractivity contribution in [3.8, 4) is 0 Å². The van der Waals surface area contributed by atoms with Gasteiger partial charge in [0, 0.05) is 12.7 Å². The Morgan fingerprint density at radius 3 is 2.52 bits per heavy atom. The molecule has 6 nitrogen and oxygen atoms in total. The Bertz CT molecular complexity index is 812. The normalized spacial score (nSPS) is 11.4. The Hall–Kier alpha value is -2.22. The molecule has 1 aromatic heterocycles. The van der Waals surface area contributed by atoms with Crippen LogP contribution in [-0.4, -0.2) is 24.1 Å². The minimum atomic E-state index is -4.27. The zero-order valence-electron chi connectivity index (χ0n) is 11.7. The molecule has 0 radical (unpaired) electrons. The largest absolute Gasteiger partial charge is 0.272 e. The van der Waals surface area contributed by atoms with Gasteiger partial charge in [-0.25, -0.2) is 17.5 Å². The van der Waals surface area contributed by atoms with E-state index in [9.17, 15) is 17.6 Å². The Morgan fingerprint density at radius 1 is 1.33 bits per heavy atom. The Labute approximate surface area is 121 Å².